The molecule has 1 heterocycles. The van der Waals surface area contributed by atoms with Crippen molar-refractivity contribution >= 4 is 5.91 Å². The number of hydrogen-bond acceptors (Lipinski definition) is 2. The molecule has 1 aromatic rings. The second-order valence-corrected chi connectivity index (χ2v) is 11.5. The monoisotopic (exact) mass is 385 g/mol. The van der Waals surface area contributed by atoms with E-state index in [0.717, 1.165) is 18.4 Å². The third-order valence-corrected chi connectivity index (χ3v) is 7.04. The van der Waals surface area contributed by atoms with Crippen molar-refractivity contribution in [3.05, 3.63) is 34.9 Å². The summed E-state index contributed by atoms with van der Waals surface area (Å²) in [5.74, 6) is -0.0297. The van der Waals surface area contributed by atoms with Crippen molar-refractivity contribution in [1.29, 1.82) is 0 Å². The van der Waals surface area contributed by atoms with Crippen molar-refractivity contribution < 1.29 is 10.0 Å². The Kier molecular flexibility index (Phi) is 5.00. The Labute approximate surface area is 170 Å². The average molecular weight is 386 g/mol. The Hall–Kier alpha value is -1.39. The lowest BCUT2D eigenvalue weighted by Crippen LogP contribution is -2.62. The molecule has 0 bridgehead atoms. The van der Waals surface area contributed by atoms with Gasteiger partial charge >= 0.3 is 0 Å². The fraction of sp³-hybridized carbons (Fsp3) is 0.708. The molecule has 1 aromatic carbocycles. The predicted octanol–water partition coefficient (Wildman–Crippen LogP) is 5.13. The van der Waals surface area contributed by atoms with E-state index in [2.05, 4.69) is 45.1 Å². The number of hydroxylamine groups is 2. The summed E-state index contributed by atoms with van der Waals surface area (Å²) in [6, 6.07) is 6.23. The van der Waals surface area contributed by atoms with Crippen LogP contribution in [0.5, 0.6) is 0 Å². The van der Waals surface area contributed by atoms with Gasteiger partial charge in [0.05, 0.1) is 0 Å². The van der Waals surface area contributed by atoms with Crippen molar-refractivity contribution in [1.82, 2.24) is 10.4 Å². The molecule has 4 nitrogen and oxygen atoms in total. The van der Waals surface area contributed by atoms with E-state index in [4.69, 9.17) is 0 Å². The quantitative estimate of drug-likeness (QED) is 0.767. The first-order chi connectivity index (χ1) is 12.7. The SMILES string of the molecule is CC1(C)CCC(C)(C)c2cc(C(=O)NC3CC(C)(C)N([O])C(C)(C)C3)ccc21. The van der Waals surface area contributed by atoms with Crippen molar-refractivity contribution in [2.45, 2.75) is 109 Å². The number of carbonyl (C=O) groups excluding carboxylic acids is 1. The molecular formula is C24H37N2O2. The van der Waals surface area contributed by atoms with Gasteiger partial charge in [0.25, 0.3) is 5.91 Å². The molecule has 1 fully saturated rings. The normalized spacial score (nSPS) is 25.8. The first-order valence-electron chi connectivity index (χ1n) is 10.6. The molecular weight excluding hydrogens is 348 g/mol. The van der Waals surface area contributed by atoms with Crippen LogP contribution in [-0.4, -0.2) is 28.1 Å². The number of hydrogen-bond donors (Lipinski definition) is 1. The van der Waals surface area contributed by atoms with Crippen molar-refractivity contribution in [2.75, 3.05) is 0 Å². The van der Waals surface area contributed by atoms with Gasteiger partial charge in [-0.15, -0.1) is 10.3 Å². The van der Waals surface area contributed by atoms with E-state index < -0.39 is 11.1 Å². The van der Waals surface area contributed by atoms with Crippen LogP contribution in [0.15, 0.2) is 18.2 Å². The molecule has 3 rings (SSSR count). The topological polar surface area (TPSA) is 52.2 Å². The Morgan fingerprint density at radius 3 is 1.93 bits per heavy atom. The van der Waals surface area contributed by atoms with Gasteiger partial charge in [-0.3, -0.25) is 4.79 Å². The number of carbonyl (C=O) groups is 1. The predicted molar refractivity (Wildman–Crippen MR) is 113 cm³/mol. The molecule has 1 aliphatic carbocycles. The third kappa shape index (κ3) is 3.73. The number of nitrogens with zero attached hydrogens (tertiary/aromatic N) is 1. The molecule has 1 amide bonds. The minimum Gasteiger partial charge on any atom is -0.349 e. The van der Waals surface area contributed by atoms with Gasteiger partial charge in [0.2, 0.25) is 0 Å². The highest BCUT2D eigenvalue weighted by atomic mass is 16.5. The van der Waals surface area contributed by atoms with E-state index in [1.54, 1.807) is 0 Å². The molecule has 1 saturated heterocycles. The molecule has 0 spiro atoms. The fourth-order valence-corrected chi connectivity index (χ4v) is 5.36. The maximum absolute atomic E-state index is 13.1. The fourth-order valence-electron chi connectivity index (χ4n) is 5.36. The van der Waals surface area contributed by atoms with Crippen LogP contribution >= 0.6 is 0 Å². The molecule has 1 radical (unpaired) electrons. The highest BCUT2D eigenvalue weighted by Crippen LogP contribution is 2.46. The van der Waals surface area contributed by atoms with Crippen LogP contribution in [0.4, 0.5) is 0 Å². The molecule has 1 aliphatic heterocycles. The summed E-state index contributed by atoms with van der Waals surface area (Å²) in [4.78, 5) is 13.1. The lowest BCUT2D eigenvalue weighted by atomic mass is 9.63. The van der Waals surface area contributed by atoms with Crippen LogP contribution in [0, 0.1) is 0 Å². The maximum Gasteiger partial charge on any atom is 0.251 e. The number of nitrogens with one attached hydrogen (secondary N) is 1. The molecule has 1 N–H and O–H groups in total. The molecule has 0 aromatic heterocycles. The number of fused-ring (bicyclic) bond motifs is 1. The van der Waals surface area contributed by atoms with Gasteiger partial charge in [-0.1, -0.05) is 33.8 Å². The largest absolute Gasteiger partial charge is 0.349 e. The van der Waals surface area contributed by atoms with E-state index in [-0.39, 0.29) is 22.8 Å². The summed E-state index contributed by atoms with van der Waals surface area (Å²) < 4.78 is 0. The number of amides is 1. The highest BCUT2D eigenvalue weighted by Gasteiger charge is 2.46. The summed E-state index contributed by atoms with van der Waals surface area (Å²) in [6.07, 6.45) is 3.61. The Bertz CT molecular complexity index is 759. The first kappa shape index (κ1) is 21.3. The van der Waals surface area contributed by atoms with Gasteiger partial charge in [-0.25, -0.2) is 0 Å². The Balaban J connectivity index is 1.85. The van der Waals surface area contributed by atoms with Gasteiger partial charge in [0.1, 0.15) is 0 Å². The van der Waals surface area contributed by atoms with Crippen molar-refractivity contribution in [2.24, 2.45) is 0 Å². The zero-order valence-electron chi connectivity index (χ0n) is 18.9. The molecule has 0 atom stereocenters. The third-order valence-electron chi connectivity index (χ3n) is 7.04. The minimum absolute atomic E-state index is 0.00295. The first-order valence-corrected chi connectivity index (χ1v) is 10.6. The van der Waals surface area contributed by atoms with E-state index in [9.17, 15) is 10.0 Å². The molecule has 0 saturated carbocycles. The summed E-state index contributed by atoms with van der Waals surface area (Å²) in [5.41, 5.74) is 2.65. The average Bonchev–Trinajstić information content (AvgIpc) is 2.56. The number of rotatable bonds is 2. The summed E-state index contributed by atoms with van der Waals surface area (Å²) in [7, 11) is 0. The molecule has 4 heteroatoms. The second kappa shape index (κ2) is 6.56. The van der Waals surface area contributed by atoms with Crippen LogP contribution < -0.4 is 5.32 Å². The number of piperidine rings is 1. The summed E-state index contributed by atoms with van der Waals surface area (Å²) in [5, 5.41) is 17.0. The zero-order valence-corrected chi connectivity index (χ0v) is 18.9. The van der Waals surface area contributed by atoms with Crippen LogP contribution in [0.1, 0.15) is 103 Å². The Morgan fingerprint density at radius 1 is 0.893 bits per heavy atom. The lowest BCUT2D eigenvalue weighted by Gasteiger charge is -2.50. The van der Waals surface area contributed by atoms with Gasteiger partial charge < -0.3 is 5.32 Å². The van der Waals surface area contributed by atoms with Gasteiger partial charge in [0, 0.05) is 22.7 Å². The highest BCUT2D eigenvalue weighted by molar-refractivity contribution is 5.94. The standard InChI is InChI=1S/C24H37N2O2/c1-21(2)11-12-22(3,4)19-13-16(9-10-18(19)21)20(27)25-17-14-23(5,6)26(28)24(7,8)15-17/h9-10,13,17H,11-12,14-15H2,1-8H3,(H,25,27). The molecule has 155 valence electrons. The smallest absolute Gasteiger partial charge is 0.251 e. The zero-order chi connectivity index (χ0) is 21.1. The van der Waals surface area contributed by atoms with Crippen LogP contribution in [0.2, 0.25) is 0 Å². The van der Waals surface area contributed by atoms with Gasteiger partial charge in [-0.05, 0) is 87.5 Å². The van der Waals surface area contributed by atoms with Gasteiger partial charge in [0.15, 0.2) is 0 Å². The summed E-state index contributed by atoms with van der Waals surface area (Å²) in [6.45, 7) is 17.0. The van der Waals surface area contributed by atoms with Crippen LogP contribution in [0.3, 0.4) is 0 Å². The molecule has 2 aliphatic rings. The Morgan fingerprint density at radius 2 is 1.39 bits per heavy atom. The van der Waals surface area contributed by atoms with Crippen molar-refractivity contribution in [3.8, 4) is 0 Å². The van der Waals surface area contributed by atoms with Crippen molar-refractivity contribution in [3.63, 3.8) is 0 Å². The van der Waals surface area contributed by atoms with Crippen LogP contribution in [0.25, 0.3) is 0 Å². The minimum atomic E-state index is -0.485. The lowest BCUT2D eigenvalue weighted by molar-refractivity contribution is -0.289. The maximum atomic E-state index is 13.1. The second-order valence-electron chi connectivity index (χ2n) is 11.5. The van der Waals surface area contributed by atoms with Gasteiger partial charge in [-0.2, -0.15) is 0 Å². The van der Waals surface area contributed by atoms with Crippen LogP contribution in [-0.2, 0) is 16.0 Å². The van der Waals surface area contributed by atoms with E-state index in [0.29, 0.717) is 12.8 Å². The number of benzene rings is 1. The molecule has 0 unspecified atom stereocenters. The van der Waals surface area contributed by atoms with E-state index in [1.807, 2.05) is 33.8 Å². The molecule has 28 heavy (non-hydrogen) atoms. The summed E-state index contributed by atoms with van der Waals surface area (Å²) >= 11 is 0. The van der Waals surface area contributed by atoms with E-state index >= 15 is 0 Å². The van der Waals surface area contributed by atoms with E-state index in [1.165, 1.54) is 16.2 Å².